The molecule has 1 spiro atoms. The van der Waals surface area contributed by atoms with E-state index in [1.807, 2.05) is 30.3 Å². The number of aromatic nitrogens is 1. The van der Waals surface area contributed by atoms with E-state index in [1.165, 1.54) is 12.3 Å². The summed E-state index contributed by atoms with van der Waals surface area (Å²) in [5, 5.41) is 12.3. The first-order chi connectivity index (χ1) is 13.5. The molecule has 0 saturated carbocycles. The average Bonchev–Trinajstić information content (AvgIpc) is 2.93. The highest BCUT2D eigenvalue weighted by molar-refractivity contribution is 6.07. The summed E-state index contributed by atoms with van der Waals surface area (Å²) in [6.07, 6.45) is 2.11. The fourth-order valence-corrected chi connectivity index (χ4v) is 3.88. The van der Waals surface area contributed by atoms with Gasteiger partial charge in [0.2, 0.25) is 0 Å². The first kappa shape index (κ1) is 18.0. The van der Waals surface area contributed by atoms with Gasteiger partial charge in [-0.25, -0.2) is 9.78 Å². The highest BCUT2D eigenvalue weighted by atomic mass is 16.3. The lowest BCUT2D eigenvalue weighted by Gasteiger charge is -2.42. The van der Waals surface area contributed by atoms with Crippen molar-refractivity contribution in [3.63, 3.8) is 0 Å². The maximum Gasteiger partial charge on any atom is 0.325 e. The zero-order valence-electron chi connectivity index (χ0n) is 15.2. The summed E-state index contributed by atoms with van der Waals surface area (Å²) in [6.45, 7) is 0.912. The SMILES string of the molecule is O=C(c1ncccc1O)N1CCC2(CC1)C(=O)NC(=O)N2Cc1ccccc1. The molecule has 8 nitrogen and oxygen atoms in total. The van der Waals surface area contributed by atoms with E-state index < -0.39 is 11.6 Å². The predicted molar refractivity (Wildman–Crippen MR) is 99.3 cm³/mol. The van der Waals surface area contributed by atoms with Gasteiger partial charge in [-0.1, -0.05) is 30.3 Å². The standard InChI is InChI=1S/C20H20N4O4/c25-15-7-4-10-21-16(15)17(26)23-11-8-20(9-12-23)18(27)22-19(28)24(20)13-14-5-2-1-3-6-14/h1-7,10,25H,8-9,11-13H2,(H,22,27,28). The molecule has 2 aliphatic heterocycles. The summed E-state index contributed by atoms with van der Waals surface area (Å²) in [5.41, 5.74) is -0.0363. The predicted octanol–water partition coefficient (Wildman–Crippen LogP) is 1.51. The molecule has 0 atom stereocenters. The summed E-state index contributed by atoms with van der Waals surface area (Å²) in [6, 6.07) is 12.0. The molecule has 144 valence electrons. The first-order valence-electron chi connectivity index (χ1n) is 9.11. The van der Waals surface area contributed by atoms with Crippen molar-refractivity contribution in [3.05, 3.63) is 59.9 Å². The maximum atomic E-state index is 12.7. The van der Waals surface area contributed by atoms with Crippen LogP contribution in [0.15, 0.2) is 48.7 Å². The lowest BCUT2D eigenvalue weighted by molar-refractivity contribution is -0.129. The van der Waals surface area contributed by atoms with Crippen LogP contribution >= 0.6 is 0 Å². The van der Waals surface area contributed by atoms with Crippen LogP contribution in [0.5, 0.6) is 5.75 Å². The Morgan fingerprint density at radius 3 is 2.50 bits per heavy atom. The van der Waals surface area contributed by atoms with Crippen LogP contribution in [-0.4, -0.2) is 56.4 Å². The number of amides is 4. The smallest absolute Gasteiger partial charge is 0.325 e. The van der Waals surface area contributed by atoms with E-state index in [0.717, 1.165) is 5.56 Å². The number of benzene rings is 1. The topological polar surface area (TPSA) is 103 Å². The highest BCUT2D eigenvalue weighted by Gasteiger charge is 2.54. The third-order valence-electron chi connectivity index (χ3n) is 5.46. The third kappa shape index (κ3) is 2.96. The first-order valence-corrected chi connectivity index (χ1v) is 9.11. The molecule has 0 unspecified atom stereocenters. The van der Waals surface area contributed by atoms with Crippen molar-refractivity contribution in [2.75, 3.05) is 13.1 Å². The monoisotopic (exact) mass is 380 g/mol. The van der Waals surface area contributed by atoms with Gasteiger partial charge >= 0.3 is 6.03 Å². The number of rotatable bonds is 3. The van der Waals surface area contributed by atoms with Crippen molar-refractivity contribution in [2.24, 2.45) is 0 Å². The summed E-state index contributed by atoms with van der Waals surface area (Å²) in [5.74, 6) is -0.874. The van der Waals surface area contributed by atoms with Crippen LogP contribution in [0.3, 0.4) is 0 Å². The second-order valence-corrected chi connectivity index (χ2v) is 7.03. The number of nitrogens with one attached hydrogen (secondary N) is 1. The number of imide groups is 1. The maximum absolute atomic E-state index is 12.7. The Hall–Kier alpha value is -3.42. The fourth-order valence-electron chi connectivity index (χ4n) is 3.88. The average molecular weight is 380 g/mol. The highest BCUT2D eigenvalue weighted by Crippen LogP contribution is 2.35. The van der Waals surface area contributed by atoms with Gasteiger partial charge in [-0.2, -0.15) is 0 Å². The zero-order chi connectivity index (χ0) is 19.7. The Kier molecular flexibility index (Phi) is 4.46. The molecule has 0 bridgehead atoms. The van der Waals surface area contributed by atoms with E-state index in [0.29, 0.717) is 32.5 Å². The molecular weight excluding hydrogens is 360 g/mol. The van der Waals surface area contributed by atoms with E-state index in [9.17, 15) is 19.5 Å². The molecule has 3 heterocycles. The molecule has 8 heteroatoms. The van der Waals surface area contributed by atoms with Gasteiger partial charge in [-0.05, 0) is 30.5 Å². The van der Waals surface area contributed by atoms with Crippen molar-refractivity contribution < 1.29 is 19.5 Å². The minimum Gasteiger partial charge on any atom is -0.505 e. The molecule has 2 fully saturated rings. The quantitative estimate of drug-likeness (QED) is 0.786. The molecule has 2 saturated heterocycles. The summed E-state index contributed by atoms with van der Waals surface area (Å²) in [7, 11) is 0. The van der Waals surface area contributed by atoms with Gasteiger partial charge in [-0.3, -0.25) is 14.9 Å². The number of nitrogens with zero attached hydrogens (tertiary/aromatic N) is 3. The molecule has 1 aromatic carbocycles. The van der Waals surface area contributed by atoms with Crippen molar-refractivity contribution in [1.29, 1.82) is 0 Å². The minimum absolute atomic E-state index is 0.00783. The Bertz CT molecular complexity index is 923. The second kappa shape index (κ2) is 6.95. The van der Waals surface area contributed by atoms with Crippen LogP contribution < -0.4 is 5.32 Å². The Morgan fingerprint density at radius 1 is 1.11 bits per heavy atom. The van der Waals surface area contributed by atoms with Gasteiger partial charge in [0.1, 0.15) is 11.3 Å². The molecule has 28 heavy (non-hydrogen) atoms. The van der Waals surface area contributed by atoms with Crippen molar-refractivity contribution >= 4 is 17.8 Å². The molecular formula is C20H20N4O4. The van der Waals surface area contributed by atoms with Crippen molar-refractivity contribution in [1.82, 2.24) is 20.1 Å². The fraction of sp³-hybridized carbons (Fsp3) is 0.300. The van der Waals surface area contributed by atoms with Crippen LogP contribution in [0.1, 0.15) is 28.9 Å². The van der Waals surface area contributed by atoms with E-state index in [4.69, 9.17) is 0 Å². The number of hydrogen-bond donors (Lipinski definition) is 2. The van der Waals surface area contributed by atoms with Gasteiger partial charge in [0.15, 0.2) is 5.69 Å². The largest absolute Gasteiger partial charge is 0.505 e. The van der Waals surface area contributed by atoms with Crippen molar-refractivity contribution in [2.45, 2.75) is 24.9 Å². The van der Waals surface area contributed by atoms with Gasteiger partial charge in [0.05, 0.1) is 0 Å². The van der Waals surface area contributed by atoms with E-state index in [1.54, 1.807) is 15.9 Å². The number of aromatic hydroxyl groups is 1. The van der Waals surface area contributed by atoms with Crippen LogP contribution in [0.4, 0.5) is 4.79 Å². The number of piperidine rings is 1. The van der Waals surface area contributed by atoms with E-state index in [2.05, 4.69) is 10.3 Å². The van der Waals surface area contributed by atoms with Crippen LogP contribution in [-0.2, 0) is 11.3 Å². The molecule has 0 aliphatic carbocycles. The number of hydrogen-bond acceptors (Lipinski definition) is 5. The number of pyridine rings is 1. The molecule has 4 amide bonds. The molecule has 1 aromatic heterocycles. The van der Waals surface area contributed by atoms with Gasteiger partial charge in [0, 0.05) is 25.8 Å². The summed E-state index contributed by atoms with van der Waals surface area (Å²) in [4.78, 5) is 44.8. The van der Waals surface area contributed by atoms with Crippen LogP contribution in [0.2, 0.25) is 0 Å². The van der Waals surface area contributed by atoms with E-state index in [-0.39, 0.29) is 23.3 Å². The molecule has 2 aliphatic rings. The van der Waals surface area contributed by atoms with Gasteiger partial charge < -0.3 is 14.9 Å². The summed E-state index contributed by atoms with van der Waals surface area (Å²) >= 11 is 0. The lowest BCUT2D eigenvalue weighted by Crippen LogP contribution is -2.57. The van der Waals surface area contributed by atoms with Gasteiger partial charge in [0.25, 0.3) is 11.8 Å². The third-order valence-corrected chi connectivity index (χ3v) is 5.46. The van der Waals surface area contributed by atoms with Crippen LogP contribution in [0.25, 0.3) is 0 Å². The number of urea groups is 1. The van der Waals surface area contributed by atoms with E-state index >= 15 is 0 Å². The molecule has 2 N–H and O–H groups in total. The Labute approximate surface area is 161 Å². The molecule has 0 radical (unpaired) electrons. The molecule has 4 rings (SSSR count). The van der Waals surface area contributed by atoms with Crippen LogP contribution in [0, 0.1) is 0 Å². The lowest BCUT2D eigenvalue weighted by atomic mass is 9.85. The minimum atomic E-state index is -0.962. The summed E-state index contributed by atoms with van der Waals surface area (Å²) < 4.78 is 0. The Balaban J connectivity index is 1.52. The molecule has 2 aromatic rings. The number of carbonyl (C=O) groups excluding carboxylic acids is 3. The number of likely N-dealkylation sites (tertiary alicyclic amines) is 1. The Morgan fingerprint density at radius 2 is 1.82 bits per heavy atom. The van der Waals surface area contributed by atoms with Crippen molar-refractivity contribution in [3.8, 4) is 5.75 Å². The van der Waals surface area contributed by atoms with Gasteiger partial charge in [-0.15, -0.1) is 0 Å². The normalized spacial score (nSPS) is 18.4. The zero-order valence-corrected chi connectivity index (χ0v) is 15.2. The second-order valence-electron chi connectivity index (χ2n) is 7.03. The number of carbonyl (C=O) groups is 3.